The lowest BCUT2D eigenvalue weighted by Crippen LogP contribution is -2.36. The summed E-state index contributed by atoms with van der Waals surface area (Å²) in [5.74, 6) is 0.539. The lowest BCUT2D eigenvalue weighted by atomic mass is 10.1. The number of aliphatic hydroxyl groups is 2. The Bertz CT molecular complexity index is 1430. The largest absolute Gasteiger partial charge is 0.481 e. The highest BCUT2D eigenvalue weighted by molar-refractivity contribution is 7.99. The lowest BCUT2D eigenvalue weighted by Gasteiger charge is -2.21. The summed E-state index contributed by atoms with van der Waals surface area (Å²) in [6.07, 6.45) is 21.5. The second-order valence-corrected chi connectivity index (χ2v) is 19.8. The minimum absolute atomic E-state index is 0.0779. The van der Waals surface area contributed by atoms with Crippen molar-refractivity contribution in [3.05, 3.63) is 22.7 Å². The van der Waals surface area contributed by atoms with Gasteiger partial charge in [0.25, 0.3) is 0 Å². The fourth-order valence-corrected chi connectivity index (χ4v) is 9.91. The number of carbonyl (C=O) groups excluding carboxylic acids is 1. The average molecular weight is 900 g/mol. The van der Waals surface area contributed by atoms with Crippen LogP contribution in [0.3, 0.4) is 0 Å². The van der Waals surface area contributed by atoms with E-state index in [1.165, 1.54) is 127 Å². The summed E-state index contributed by atoms with van der Waals surface area (Å²) in [5, 5.41) is 20.8. The molecule has 0 aliphatic carbocycles. The van der Waals surface area contributed by atoms with Crippen molar-refractivity contribution in [1.82, 2.24) is 9.55 Å². The molecule has 1 saturated heterocycles. The summed E-state index contributed by atoms with van der Waals surface area (Å²) in [6.45, 7) is 2.98. The van der Waals surface area contributed by atoms with Crippen LogP contribution >= 0.6 is 27.4 Å². The van der Waals surface area contributed by atoms with Crippen molar-refractivity contribution in [3.8, 4) is 0 Å². The van der Waals surface area contributed by atoms with Gasteiger partial charge >= 0.3 is 27.3 Å². The number of nitrogen functional groups attached to an aromatic ring is 1. The maximum atomic E-state index is 12.8. The van der Waals surface area contributed by atoms with Gasteiger partial charge < -0.3 is 35.2 Å². The van der Waals surface area contributed by atoms with Crippen LogP contribution < -0.4 is 11.4 Å². The number of carbonyl (C=O) groups is 1. The Kier molecular flexibility index (Phi) is 28.7. The number of anilines is 1. The van der Waals surface area contributed by atoms with E-state index in [1.54, 1.807) is 0 Å². The third-order valence-corrected chi connectivity index (χ3v) is 14.0. The minimum atomic E-state index is -5.32. The van der Waals surface area contributed by atoms with E-state index >= 15 is 0 Å². The molecule has 19 heteroatoms. The van der Waals surface area contributed by atoms with E-state index in [9.17, 15) is 38.7 Å². The summed E-state index contributed by atoms with van der Waals surface area (Å²) < 4.78 is 51.7. The Hall–Kier alpha value is -1.36. The van der Waals surface area contributed by atoms with Crippen LogP contribution in [-0.2, 0) is 36.8 Å². The molecule has 0 radical (unpaired) electrons. The van der Waals surface area contributed by atoms with Crippen molar-refractivity contribution >= 4 is 39.2 Å². The van der Waals surface area contributed by atoms with Crippen LogP contribution in [0.2, 0.25) is 0 Å². The number of nitrogens with two attached hydrogens (primary N) is 1. The molecule has 1 aromatic rings. The van der Waals surface area contributed by atoms with Gasteiger partial charge in [-0.25, -0.2) is 13.9 Å². The Morgan fingerprint density at radius 2 is 1.29 bits per heavy atom. The molecule has 2 heterocycles. The van der Waals surface area contributed by atoms with E-state index in [-0.39, 0.29) is 18.0 Å². The van der Waals surface area contributed by atoms with Crippen LogP contribution in [-0.4, -0.2) is 84.7 Å². The van der Waals surface area contributed by atoms with E-state index in [4.69, 9.17) is 24.3 Å². The average Bonchev–Trinajstić information content (AvgIpc) is 3.46. The highest BCUT2D eigenvalue weighted by atomic mass is 32.2. The summed E-state index contributed by atoms with van der Waals surface area (Å²) in [6, 6.07) is 1.27. The van der Waals surface area contributed by atoms with E-state index in [1.807, 2.05) is 0 Å². The first-order chi connectivity index (χ1) is 28.3. The molecule has 0 bridgehead atoms. The number of hydrogen-bond donors (Lipinski definition) is 5. The van der Waals surface area contributed by atoms with Crippen molar-refractivity contribution in [3.63, 3.8) is 0 Å². The number of unbranched alkanes of at least 4 members (excludes halogenated alkanes) is 21. The zero-order valence-corrected chi connectivity index (χ0v) is 38.2. The van der Waals surface area contributed by atoms with Crippen molar-refractivity contribution in [1.29, 1.82) is 0 Å². The maximum Gasteiger partial charge on any atom is 0.481 e. The van der Waals surface area contributed by atoms with E-state index in [0.29, 0.717) is 6.42 Å². The molecule has 0 saturated carbocycles. The molecule has 0 amide bonds. The molecule has 1 aliphatic heterocycles. The number of rotatable bonds is 37. The predicted octanol–water partition coefficient (Wildman–Crippen LogP) is 8.74. The Labute approximate surface area is 356 Å². The normalized spacial score (nSPS) is 20.6. The second-order valence-electron chi connectivity index (χ2n) is 15.6. The Morgan fingerprint density at radius 3 is 1.81 bits per heavy atom. The van der Waals surface area contributed by atoms with E-state index in [2.05, 4.69) is 23.1 Å². The third kappa shape index (κ3) is 24.8. The van der Waals surface area contributed by atoms with Gasteiger partial charge in [0, 0.05) is 18.4 Å². The summed E-state index contributed by atoms with van der Waals surface area (Å²) >= 11 is 1.53. The van der Waals surface area contributed by atoms with Crippen molar-refractivity contribution < 1.29 is 56.8 Å². The third-order valence-electron chi connectivity index (χ3n) is 10.2. The number of hydrogen-bond acceptors (Lipinski definition) is 14. The quantitative estimate of drug-likeness (QED) is 0.0238. The lowest BCUT2D eigenvalue weighted by molar-refractivity contribution is -0.149. The van der Waals surface area contributed by atoms with Gasteiger partial charge in [0.2, 0.25) is 0 Å². The van der Waals surface area contributed by atoms with Crippen molar-refractivity contribution in [2.75, 3.05) is 30.5 Å². The summed E-state index contributed by atoms with van der Waals surface area (Å²) in [4.78, 5) is 49.1. The number of aliphatic hydroxyl groups excluding tert-OH is 2. The van der Waals surface area contributed by atoms with Crippen LogP contribution in [0, 0.1) is 0 Å². The van der Waals surface area contributed by atoms with Gasteiger partial charge in [-0.1, -0.05) is 149 Å². The SMILES string of the molecule is CCCCCCCCCCCCCCSCC(COP(=O)(O)OP(=O)(O)OC[C@H]1O[C@@H](n2ccc(N)nc2=O)[C@@H](O)[C@@H]1O)OC(=O)CCCCCCCCCCCCC. The molecular formula is C40H75N3O13P2S. The van der Waals surface area contributed by atoms with Crippen LogP contribution in [0.4, 0.5) is 5.82 Å². The molecule has 0 spiro atoms. The maximum absolute atomic E-state index is 12.8. The van der Waals surface area contributed by atoms with Crippen LogP contribution in [0.15, 0.2) is 17.1 Å². The minimum Gasteiger partial charge on any atom is -0.459 e. The fourth-order valence-electron chi connectivity index (χ4n) is 6.79. The standard InChI is InChI=1S/C40H75N3O13P2S/c1-3-5-7-9-11-13-15-17-19-21-23-25-29-59-32-33(54-36(44)26-24-22-20-18-16-14-12-10-8-6-4-2)30-52-57(48,49)56-58(50,51)53-31-34-37(45)38(46)39(55-34)43-28-27-35(41)42-40(43)47/h27-28,33-34,37-39,45-46H,3-26,29-32H2,1-2H3,(H,48,49)(H,50,51)(H2,41,42,47)/t33?,34-,37-,38+,39-/m1/s1. The van der Waals surface area contributed by atoms with Gasteiger partial charge in [-0.2, -0.15) is 21.1 Å². The smallest absolute Gasteiger partial charge is 0.459 e. The van der Waals surface area contributed by atoms with Gasteiger partial charge in [-0.3, -0.25) is 18.4 Å². The van der Waals surface area contributed by atoms with Gasteiger partial charge in [0.15, 0.2) is 6.23 Å². The van der Waals surface area contributed by atoms with Crippen LogP contribution in [0.25, 0.3) is 0 Å². The number of nitrogens with zero attached hydrogens (tertiary/aromatic N) is 2. The fraction of sp³-hybridized carbons (Fsp3) is 0.875. The van der Waals surface area contributed by atoms with Gasteiger partial charge in [0.05, 0.1) is 13.2 Å². The summed E-state index contributed by atoms with van der Waals surface area (Å²) in [5.41, 5.74) is 4.61. The van der Waals surface area contributed by atoms with Gasteiger partial charge in [0.1, 0.15) is 30.2 Å². The molecule has 3 unspecified atom stereocenters. The highest BCUT2D eigenvalue weighted by Crippen LogP contribution is 2.60. The molecule has 1 aliphatic rings. The van der Waals surface area contributed by atoms with Crippen LogP contribution in [0.5, 0.6) is 0 Å². The number of esters is 1. The molecule has 1 fully saturated rings. The van der Waals surface area contributed by atoms with Gasteiger partial charge in [-0.15, -0.1) is 0 Å². The molecule has 59 heavy (non-hydrogen) atoms. The first-order valence-electron chi connectivity index (χ1n) is 22.1. The Balaban J connectivity index is 1.81. The van der Waals surface area contributed by atoms with Crippen LogP contribution in [0.1, 0.15) is 174 Å². The number of thioether (sulfide) groups is 1. The molecule has 16 nitrogen and oxygen atoms in total. The molecule has 344 valence electrons. The number of phosphoric ester groups is 2. The first kappa shape index (κ1) is 53.8. The molecule has 6 N–H and O–H groups in total. The molecule has 0 aromatic carbocycles. The number of aromatic nitrogens is 2. The topological polar surface area (TPSA) is 239 Å². The molecular weight excluding hydrogens is 824 g/mol. The summed E-state index contributed by atoms with van der Waals surface area (Å²) in [7, 11) is -10.6. The van der Waals surface area contributed by atoms with E-state index in [0.717, 1.165) is 48.8 Å². The van der Waals surface area contributed by atoms with Gasteiger partial charge in [-0.05, 0) is 24.7 Å². The Morgan fingerprint density at radius 1 is 0.797 bits per heavy atom. The molecule has 2 rings (SSSR count). The molecule has 1 aromatic heterocycles. The van der Waals surface area contributed by atoms with E-state index < -0.39 is 71.2 Å². The van der Waals surface area contributed by atoms with Crippen molar-refractivity contribution in [2.24, 2.45) is 0 Å². The monoisotopic (exact) mass is 899 g/mol. The number of ether oxygens (including phenoxy) is 2. The zero-order chi connectivity index (χ0) is 43.4. The second kappa shape index (κ2) is 31.5. The number of phosphoric acid groups is 2. The zero-order valence-electron chi connectivity index (χ0n) is 35.6. The molecule has 7 atom stereocenters. The highest BCUT2D eigenvalue weighted by Gasteiger charge is 2.46. The first-order valence-corrected chi connectivity index (χ1v) is 26.2. The van der Waals surface area contributed by atoms with Crippen molar-refractivity contribution in [2.45, 2.75) is 199 Å². The predicted molar refractivity (Wildman–Crippen MR) is 231 cm³/mol.